The van der Waals surface area contributed by atoms with E-state index in [1.54, 1.807) is 12.4 Å². The third-order valence-electron chi connectivity index (χ3n) is 6.42. The molecule has 0 saturated heterocycles. The van der Waals surface area contributed by atoms with Crippen molar-refractivity contribution in [2.24, 2.45) is 0 Å². The minimum atomic E-state index is -0.811. The number of ether oxygens (including phenoxy) is 1. The van der Waals surface area contributed by atoms with E-state index in [0.717, 1.165) is 55.6 Å². The first-order chi connectivity index (χ1) is 16.6. The third kappa shape index (κ3) is 7.09. The van der Waals surface area contributed by atoms with Crippen LogP contribution in [0, 0.1) is 0 Å². The Labute approximate surface area is 208 Å². The van der Waals surface area contributed by atoms with Crippen LogP contribution >= 0.6 is 23.1 Å². The molecule has 0 aliphatic heterocycles. The van der Waals surface area contributed by atoms with Gasteiger partial charge in [0.25, 0.3) is 0 Å². The van der Waals surface area contributed by atoms with E-state index in [4.69, 9.17) is 9.84 Å². The van der Waals surface area contributed by atoms with E-state index in [2.05, 4.69) is 20.2 Å². The predicted molar refractivity (Wildman–Crippen MR) is 134 cm³/mol. The summed E-state index contributed by atoms with van der Waals surface area (Å²) >= 11 is 2.85. The first-order valence-electron chi connectivity index (χ1n) is 12.1. The molecule has 0 aromatic carbocycles. The summed E-state index contributed by atoms with van der Waals surface area (Å²) in [5.74, 6) is 0.339. The molecule has 0 radical (unpaired) electrons. The summed E-state index contributed by atoms with van der Waals surface area (Å²) in [5.41, 5.74) is 0. The Bertz CT molecular complexity index is 928. The van der Waals surface area contributed by atoms with Gasteiger partial charge in [-0.2, -0.15) is 0 Å². The van der Waals surface area contributed by atoms with E-state index in [1.165, 1.54) is 29.5 Å². The van der Waals surface area contributed by atoms with Crippen molar-refractivity contribution in [3.05, 3.63) is 30.6 Å². The van der Waals surface area contributed by atoms with E-state index >= 15 is 0 Å². The van der Waals surface area contributed by atoms with Gasteiger partial charge >= 0.3 is 12.0 Å². The predicted octanol–water partition coefficient (Wildman–Crippen LogP) is 5.66. The molecule has 2 N–H and O–H groups in total. The fourth-order valence-electron chi connectivity index (χ4n) is 4.80. The normalized spacial score (nSPS) is 21.1. The van der Waals surface area contributed by atoms with E-state index in [1.807, 2.05) is 18.2 Å². The Balaban J connectivity index is 1.36. The molecule has 0 spiro atoms. The van der Waals surface area contributed by atoms with Crippen LogP contribution in [0.4, 0.5) is 9.93 Å². The number of nitrogens with zero attached hydrogens (tertiary/aromatic N) is 3. The molecule has 0 unspecified atom stereocenters. The maximum atomic E-state index is 13.5. The van der Waals surface area contributed by atoms with Crippen LogP contribution in [-0.4, -0.2) is 55.9 Å². The van der Waals surface area contributed by atoms with Crippen molar-refractivity contribution in [1.29, 1.82) is 0 Å². The number of carbonyl (C=O) groups excluding carboxylic acids is 1. The van der Waals surface area contributed by atoms with Gasteiger partial charge in [-0.25, -0.2) is 14.8 Å². The SMILES string of the molecule is O=C(O)CCSc1cnc(NC(=O)N(C2CCCCC2)C2CCC(Oc3ccccn3)CC2)s1. The van der Waals surface area contributed by atoms with Crippen molar-refractivity contribution in [1.82, 2.24) is 14.9 Å². The molecule has 2 fully saturated rings. The third-order valence-corrected chi connectivity index (χ3v) is 8.53. The number of thioether (sulfide) groups is 1. The molecule has 2 aliphatic rings. The summed E-state index contributed by atoms with van der Waals surface area (Å²) in [6.45, 7) is 0. The van der Waals surface area contributed by atoms with Gasteiger partial charge in [0.15, 0.2) is 5.13 Å². The molecule has 184 valence electrons. The summed E-state index contributed by atoms with van der Waals surface area (Å²) in [6, 6.07) is 6.07. The molecule has 2 aromatic rings. The molecule has 2 saturated carbocycles. The lowest BCUT2D eigenvalue weighted by Crippen LogP contribution is -2.51. The van der Waals surface area contributed by atoms with Crippen molar-refractivity contribution in [2.45, 2.75) is 86.6 Å². The van der Waals surface area contributed by atoms with Gasteiger partial charge in [-0.1, -0.05) is 36.7 Å². The molecular formula is C24H32N4O4S2. The van der Waals surface area contributed by atoms with Crippen LogP contribution in [0.5, 0.6) is 5.88 Å². The maximum absolute atomic E-state index is 13.5. The molecule has 4 rings (SSSR count). The molecule has 2 amide bonds. The highest BCUT2D eigenvalue weighted by atomic mass is 32.2. The number of nitrogens with one attached hydrogen (secondary N) is 1. The number of hydrogen-bond acceptors (Lipinski definition) is 7. The molecule has 0 atom stereocenters. The number of carboxylic acids is 1. The van der Waals surface area contributed by atoms with Crippen molar-refractivity contribution >= 4 is 40.2 Å². The lowest BCUT2D eigenvalue weighted by atomic mass is 9.88. The number of aromatic nitrogens is 2. The highest BCUT2D eigenvalue weighted by molar-refractivity contribution is 8.01. The van der Waals surface area contributed by atoms with E-state index in [9.17, 15) is 9.59 Å². The average molecular weight is 505 g/mol. The Kier molecular flexibility index (Phi) is 9.04. The number of amides is 2. The standard InChI is InChI=1S/C24H32N4O4S2/c29-21(30)13-15-33-22-16-26-23(34-22)27-24(31)28(17-6-2-1-3-7-17)18-9-11-19(12-10-18)32-20-8-4-5-14-25-20/h4-5,8,14,16-19H,1-3,6-7,9-13,15H2,(H,29,30)(H,26,27,31). The fourth-order valence-corrected chi connectivity index (χ4v) is 6.66. The first kappa shape index (κ1) is 24.8. The number of hydrogen-bond donors (Lipinski definition) is 2. The number of carbonyl (C=O) groups is 2. The monoisotopic (exact) mass is 504 g/mol. The molecule has 8 nitrogen and oxygen atoms in total. The number of anilines is 1. The zero-order valence-corrected chi connectivity index (χ0v) is 20.9. The number of urea groups is 1. The smallest absolute Gasteiger partial charge is 0.324 e. The van der Waals surface area contributed by atoms with E-state index in [0.29, 0.717) is 16.8 Å². The second-order valence-electron chi connectivity index (χ2n) is 8.82. The number of carboxylic acid groups (broad SMARTS) is 1. The van der Waals surface area contributed by atoms with Gasteiger partial charge in [0.1, 0.15) is 6.10 Å². The van der Waals surface area contributed by atoms with Crippen molar-refractivity contribution < 1.29 is 19.4 Å². The zero-order chi connectivity index (χ0) is 23.8. The van der Waals surface area contributed by atoms with Crippen molar-refractivity contribution in [2.75, 3.05) is 11.1 Å². The van der Waals surface area contributed by atoms with Crippen LogP contribution in [0.3, 0.4) is 0 Å². The van der Waals surface area contributed by atoms with E-state index < -0.39 is 5.97 Å². The lowest BCUT2D eigenvalue weighted by Gasteiger charge is -2.42. The number of thiazole rings is 1. The van der Waals surface area contributed by atoms with Crippen molar-refractivity contribution in [3.8, 4) is 5.88 Å². The van der Waals surface area contributed by atoms with Crippen LogP contribution in [-0.2, 0) is 4.79 Å². The van der Waals surface area contributed by atoms with Crippen LogP contribution in [0.25, 0.3) is 0 Å². The Morgan fingerprint density at radius 1 is 1.09 bits per heavy atom. The van der Waals surface area contributed by atoms with Gasteiger partial charge < -0.3 is 14.7 Å². The molecule has 2 aromatic heterocycles. The van der Waals surface area contributed by atoms with Crippen molar-refractivity contribution in [3.63, 3.8) is 0 Å². The van der Waals surface area contributed by atoms with Crippen LogP contribution in [0.2, 0.25) is 0 Å². The Morgan fingerprint density at radius 2 is 1.85 bits per heavy atom. The minimum Gasteiger partial charge on any atom is -0.481 e. The van der Waals surface area contributed by atoms with Gasteiger partial charge in [-0.05, 0) is 44.6 Å². The van der Waals surface area contributed by atoms with Crippen LogP contribution < -0.4 is 10.1 Å². The van der Waals surface area contributed by atoms with Crippen LogP contribution in [0.1, 0.15) is 64.2 Å². The fraction of sp³-hybridized carbons (Fsp3) is 0.583. The largest absolute Gasteiger partial charge is 0.481 e. The average Bonchev–Trinajstić information content (AvgIpc) is 3.28. The zero-order valence-electron chi connectivity index (χ0n) is 19.2. The summed E-state index contributed by atoms with van der Waals surface area (Å²) < 4.78 is 6.97. The second kappa shape index (κ2) is 12.4. The van der Waals surface area contributed by atoms with E-state index in [-0.39, 0.29) is 30.6 Å². The molecular weight excluding hydrogens is 472 g/mol. The maximum Gasteiger partial charge on any atom is 0.324 e. The van der Waals surface area contributed by atoms with Gasteiger partial charge in [0, 0.05) is 30.1 Å². The Morgan fingerprint density at radius 3 is 2.56 bits per heavy atom. The summed E-state index contributed by atoms with van der Waals surface area (Å²) in [7, 11) is 0. The number of pyridine rings is 1. The molecule has 34 heavy (non-hydrogen) atoms. The quantitative estimate of drug-likeness (QED) is 0.424. The van der Waals surface area contributed by atoms with Gasteiger partial charge in [-0.15, -0.1) is 11.8 Å². The molecule has 2 heterocycles. The second-order valence-corrected chi connectivity index (χ2v) is 11.2. The minimum absolute atomic E-state index is 0.0718. The number of aliphatic carboxylic acids is 1. The summed E-state index contributed by atoms with van der Waals surface area (Å²) in [4.78, 5) is 34.9. The summed E-state index contributed by atoms with van der Waals surface area (Å²) in [5, 5.41) is 12.4. The highest BCUT2D eigenvalue weighted by Crippen LogP contribution is 2.33. The lowest BCUT2D eigenvalue weighted by molar-refractivity contribution is -0.136. The van der Waals surface area contributed by atoms with Gasteiger partial charge in [0.2, 0.25) is 5.88 Å². The molecule has 10 heteroatoms. The highest BCUT2D eigenvalue weighted by Gasteiger charge is 2.35. The van der Waals surface area contributed by atoms with Gasteiger partial charge in [0.05, 0.1) is 16.8 Å². The van der Waals surface area contributed by atoms with Crippen LogP contribution in [0.15, 0.2) is 34.8 Å². The Hall–Kier alpha value is -2.33. The first-order valence-corrected chi connectivity index (χ1v) is 13.9. The number of rotatable bonds is 9. The molecule has 2 aliphatic carbocycles. The molecule has 0 bridgehead atoms. The topological polar surface area (TPSA) is 105 Å². The van der Waals surface area contributed by atoms with Gasteiger partial charge in [-0.3, -0.25) is 10.1 Å². The summed E-state index contributed by atoms with van der Waals surface area (Å²) in [6.07, 6.45) is 13.0.